The minimum atomic E-state index is 0.641. The maximum absolute atomic E-state index is 5.84. The summed E-state index contributed by atoms with van der Waals surface area (Å²) >= 11 is 3.42. The summed E-state index contributed by atoms with van der Waals surface area (Å²) in [6.45, 7) is 2.85. The standard InChI is InChI=1S/C15H17BrN2O/c1-3-11-4-6-14(7-5-11)19-15-12(9-17-2)8-13(16)10-18-15/h4-8,10,17H,3,9H2,1-2H3. The Morgan fingerprint density at radius 1 is 1.26 bits per heavy atom. The number of hydrogen-bond donors (Lipinski definition) is 1. The molecule has 2 rings (SSSR count). The highest BCUT2D eigenvalue weighted by atomic mass is 79.9. The van der Waals surface area contributed by atoms with Gasteiger partial charge in [0, 0.05) is 22.8 Å². The molecule has 0 aliphatic rings. The zero-order chi connectivity index (χ0) is 13.7. The van der Waals surface area contributed by atoms with Gasteiger partial charge in [0.1, 0.15) is 5.75 Å². The van der Waals surface area contributed by atoms with Gasteiger partial charge in [0.15, 0.2) is 0 Å². The first-order valence-corrected chi connectivity index (χ1v) is 7.08. The summed E-state index contributed by atoms with van der Waals surface area (Å²) in [5.74, 6) is 1.45. The highest BCUT2D eigenvalue weighted by Gasteiger charge is 2.07. The van der Waals surface area contributed by atoms with Crippen LogP contribution < -0.4 is 10.1 Å². The molecule has 3 nitrogen and oxygen atoms in total. The van der Waals surface area contributed by atoms with Gasteiger partial charge in [0.25, 0.3) is 0 Å². The minimum absolute atomic E-state index is 0.641. The lowest BCUT2D eigenvalue weighted by Crippen LogP contribution is -2.07. The zero-order valence-electron chi connectivity index (χ0n) is 11.1. The zero-order valence-corrected chi connectivity index (χ0v) is 12.7. The van der Waals surface area contributed by atoms with Crippen molar-refractivity contribution in [1.29, 1.82) is 0 Å². The molecule has 19 heavy (non-hydrogen) atoms. The van der Waals surface area contributed by atoms with Gasteiger partial charge in [-0.15, -0.1) is 0 Å². The van der Waals surface area contributed by atoms with Gasteiger partial charge in [-0.2, -0.15) is 0 Å². The van der Waals surface area contributed by atoms with Gasteiger partial charge < -0.3 is 10.1 Å². The van der Waals surface area contributed by atoms with Gasteiger partial charge >= 0.3 is 0 Å². The summed E-state index contributed by atoms with van der Waals surface area (Å²) in [6, 6.07) is 10.1. The Hall–Kier alpha value is -1.39. The molecule has 0 atom stereocenters. The summed E-state index contributed by atoms with van der Waals surface area (Å²) in [5.41, 5.74) is 2.32. The molecule has 1 aromatic carbocycles. The first kappa shape index (κ1) is 14.0. The molecule has 0 saturated carbocycles. The molecule has 0 amide bonds. The van der Waals surface area contributed by atoms with Crippen molar-refractivity contribution in [3.8, 4) is 11.6 Å². The van der Waals surface area contributed by atoms with E-state index in [0.717, 1.165) is 28.8 Å². The SMILES string of the molecule is CCc1ccc(Oc2ncc(Br)cc2CNC)cc1. The van der Waals surface area contributed by atoms with E-state index >= 15 is 0 Å². The Labute approximate surface area is 122 Å². The third-order valence-corrected chi connectivity index (χ3v) is 3.24. The molecule has 0 bridgehead atoms. The third kappa shape index (κ3) is 3.78. The second-order valence-corrected chi connectivity index (χ2v) is 5.16. The number of nitrogens with one attached hydrogen (secondary N) is 1. The second-order valence-electron chi connectivity index (χ2n) is 4.25. The van der Waals surface area contributed by atoms with E-state index < -0.39 is 0 Å². The highest BCUT2D eigenvalue weighted by molar-refractivity contribution is 9.10. The second kappa shape index (κ2) is 6.68. The fourth-order valence-electron chi connectivity index (χ4n) is 1.78. The summed E-state index contributed by atoms with van der Waals surface area (Å²) in [4.78, 5) is 4.33. The number of pyridine rings is 1. The molecule has 0 saturated heterocycles. The molecular formula is C15H17BrN2O. The van der Waals surface area contributed by atoms with Crippen LogP contribution in [0.15, 0.2) is 41.0 Å². The first-order valence-electron chi connectivity index (χ1n) is 6.28. The van der Waals surface area contributed by atoms with E-state index in [-0.39, 0.29) is 0 Å². The normalized spacial score (nSPS) is 10.5. The van der Waals surface area contributed by atoms with E-state index in [4.69, 9.17) is 4.74 Å². The Morgan fingerprint density at radius 2 is 2.00 bits per heavy atom. The molecule has 0 fully saturated rings. The number of nitrogens with zero attached hydrogens (tertiary/aromatic N) is 1. The topological polar surface area (TPSA) is 34.1 Å². The van der Waals surface area contributed by atoms with Gasteiger partial charge in [-0.25, -0.2) is 4.98 Å². The lowest BCUT2D eigenvalue weighted by Gasteiger charge is -2.10. The van der Waals surface area contributed by atoms with Gasteiger partial charge in [0.05, 0.1) is 0 Å². The third-order valence-electron chi connectivity index (χ3n) is 2.81. The van der Waals surface area contributed by atoms with Crippen LogP contribution in [-0.2, 0) is 13.0 Å². The Balaban J connectivity index is 2.21. The van der Waals surface area contributed by atoms with Crippen LogP contribution in [0, 0.1) is 0 Å². The molecule has 0 radical (unpaired) electrons. The Morgan fingerprint density at radius 3 is 2.63 bits per heavy atom. The van der Waals surface area contributed by atoms with E-state index in [0.29, 0.717) is 5.88 Å². The van der Waals surface area contributed by atoms with Crippen molar-refractivity contribution in [3.05, 3.63) is 52.1 Å². The van der Waals surface area contributed by atoms with Crippen LogP contribution in [-0.4, -0.2) is 12.0 Å². The summed E-state index contributed by atoms with van der Waals surface area (Å²) in [5, 5.41) is 3.11. The number of benzene rings is 1. The molecule has 2 aromatic rings. The van der Waals surface area contributed by atoms with Gasteiger partial charge in [-0.3, -0.25) is 0 Å². The molecule has 0 spiro atoms. The number of halogens is 1. The minimum Gasteiger partial charge on any atom is -0.439 e. The number of aromatic nitrogens is 1. The van der Waals surface area contributed by atoms with Crippen LogP contribution in [0.25, 0.3) is 0 Å². The van der Waals surface area contributed by atoms with Crippen molar-refractivity contribution in [2.75, 3.05) is 7.05 Å². The Kier molecular flexibility index (Phi) is 4.93. The van der Waals surface area contributed by atoms with E-state index in [1.807, 2.05) is 25.2 Å². The van der Waals surface area contributed by atoms with Crippen molar-refractivity contribution in [2.45, 2.75) is 19.9 Å². The fourth-order valence-corrected chi connectivity index (χ4v) is 2.16. The van der Waals surface area contributed by atoms with E-state index in [2.05, 4.69) is 45.3 Å². The predicted octanol–water partition coefficient (Wildman–Crippen LogP) is 3.92. The van der Waals surface area contributed by atoms with Crippen LogP contribution in [0.2, 0.25) is 0 Å². The average Bonchev–Trinajstić information content (AvgIpc) is 2.43. The monoisotopic (exact) mass is 320 g/mol. The summed E-state index contributed by atoms with van der Waals surface area (Å²) in [6.07, 6.45) is 2.77. The average molecular weight is 321 g/mol. The van der Waals surface area contributed by atoms with E-state index in [1.54, 1.807) is 6.20 Å². The van der Waals surface area contributed by atoms with Crippen LogP contribution in [0.3, 0.4) is 0 Å². The van der Waals surface area contributed by atoms with Crippen LogP contribution in [0.4, 0.5) is 0 Å². The van der Waals surface area contributed by atoms with Crippen LogP contribution >= 0.6 is 15.9 Å². The van der Waals surface area contributed by atoms with Crippen molar-refractivity contribution in [3.63, 3.8) is 0 Å². The van der Waals surface area contributed by atoms with Crippen molar-refractivity contribution < 1.29 is 4.74 Å². The number of hydrogen-bond acceptors (Lipinski definition) is 3. The molecule has 0 aliphatic heterocycles. The first-order chi connectivity index (χ1) is 9.22. The molecule has 100 valence electrons. The lowest BCUT2D eigenvalue weighted by atomic mass is 10.2. The molecule has 0 aliphatic carbocycles. The number of aryl methyl sites for hydroxylation is 1. The number of rotatable bonds is 5. The van der Waals surface area contributed by atoms with Crippen LogP contribution in [0.1, 0.15) is 18.1 Å². The highest BCUT2D eigenvalue weighted by Crippen LogP contribution is 2.25. The number of ether oxygens (including phenoxy) is 1. The molecule has 1 heterocycles. The predicted molar refractivity (Wildman–Crippen MR) is 80.6 cm³/mol. The molecule has 1 aromatic heterocycles. The van der Waals surface area contributed by atoms with Crippen LogP contribution in [0.5, 0.6) is 11.6 Å². The molecule has 4 heteroatoms. The fraction of sp³-hybridized carbons (Fsp3) is 0.267. The van der Waals surface area contributed by atoms with Gasteiger partial charge in [-0.1, -0.05) is 19.1 Å². The molecule has 0 unspecified atom stereocenters. The summed E-state index contributed by atoms with van der Waals surface area (Å²) < 4.78 is 6.79. The van der Waals surface area contributed by atoms with Crippen molar-refractivity contribution in [1.82, 2.24) is 10.3 Å². The van der Waals surface area contributed by atoms with E-state index in [9.17, 15) is 0 Å². The van der Waals surface area contributed by atoms with Gasteiger partial charge in [0.2, 0.25) is 5.88 Å². The van der Waals surface area contributed by atoms with Crippen molar-refractivity contribution in [2.24, 2.45) is 0 Å². The van der Waals surface area contributed by atoms with Gasteiger partial charge in [-0.05, 0) is 53.2 Å². The molecular weight excluding hydrogens is 304 g/mol. The smallest absolute Gasteiger partial charge is 0.223 e. The maximum Gasteiger partial charge on any atom is 0.223 e. The summed E-state index contributed by atoms with van der Waals surface area (Å²) in [7, 11) is 1.90. The lowest BCUT2D eigenvalue weighted by molar-refractivity contribution is 0.454. The van der Waals surface area contributed by atoms with Crippen molar-refractivity contribution >= 4 is 15.9 Å². The van der Waals surface area contributed by atoms with E-state index in [1.165, 1.54) is 5.56 Å². The quantitative estimate of drug-likeness (QED) is 0.906. The molecule has 1 N–H and O–H groups in total. The maximum atomic E-state index is 5.84. The largest absolute Gasteiger partial charge is 0.439 e. The Bertz CT molecular complexity index is 540.